The molecule has 2 aliphatic carbocycles. The smallest absolute Gasteiger partial charge is 0.223 e. The third-order valence-corrected chi connectivity index (χ3v) is 5.92. The Bertz CT molecular complexity index is 578. The van der Waals surface area contributed by atoms with Crippen LogP contribution in [0.4, 0.5) is 4.39 Å². The lowest BCUT2D eigenvalue weighted by atomic mass is 9.65. The molecule has 0 radical (unpaired) electrons. The molecule has 2 bridgehead atoms. The van der Waals surface area contributed by atoms with Crippen LogP contribution >= 0.6 is 11.6 Å². The summed E-state index contributed by atoms with van der Waals surface area (Å²) in [5, 5.41) is 13.1. The molecule has 3 unspecified atom stereocenters. The van der Waals surface area contributed by atoms with Crippen LogP contribution in [0.25, 0.3) is 0 Å². The minimum Gasteiger partial charge on any atom is -0.386 e. The van der Waals surface area contributed by atoms with E-state index in [-0.39, 0.29) is 35.0 Å². The van der Waals surface area contributed by atoms with Crippen molar-refractivity contribution >= 4 is 17.5 Å². The van der Waals surface area contributed by atoms with Gasteiger partial charge < -0.3 is 16.2 Å². The van der Waals surface area contributed by atoms with E-state index in [4.69, 9.17) is 17.3 Å². The molecule has 132 valence electrons. The first kappa shape index (κ1) is 17.6. The van der Waals surface area contributed by atoms with Crippen molar-refractivity contribution in [2.45, 2.75) is 44.2 Å². The van der Waals surface area contributed by atoms with Gasteiger partial charge in [-0.2, -0.15) is 0 Å². The maximum absolute atomic E-state index is 13.8. The van der Waals surface area contributed by atoms with Crippen LogP contribution in [0.1, 0.15) is 43.8 Å². The standard InChI is InChI=1S/C18H24ClFN2O2/c19-13-5-2-6-14(20)16(13)15(23)9-22-18(24)12-7-10-3-1-4-11(8-12)17(10)21/h2,5-6,10-12,15,17,23H,1,3-4,7-9,21H2,(H,22,24). The van der Waals surface area contributed by atoms with Crippen LogP contribution in [-0.2, 0) is 4.79 Å². The van der Waals surface area contributed by atoms with Crippen LogP contribution in [0.15, 0.2) is 18.2 Å². The number of aliphatic hydroxyl groups is 1. The first-order valence-corrected chi connectivity index (χ1v) is 9.00. The van der Waals surface area contributed by atoms with E-state index in [9.17, 15) is 14.3 Å². The summed E-state index contributed by atoms with van der Waals surface area (Å²) in [6.07, 6.45) is 3.83. The molecule has 1 aromatic carbocycles. The Labute approximate surface area is 146 Å². The number of carbonyl (C=O) groups is 1. The highest BCUT2D eigenvalue weighted by atomic mass is 35.5. The first-order valence-electron chi connectivity index (χ1n) is 8.62. The molecule has 3 rings (SSSR count). The average Bonchev–Trinajstić information content (AvgIpc) is 2.52. The molecule has 0 spiro atoms. The summed E-state index contributed by atoms with van der Waals surface area (Å²) in [7, 11) is 0. The van der Waals surface area contributed by atoms with Crippen molar-refractivity contribution in [1.82, 2.24) is 5.32 Å². The van der Waals surface area contributed by atoms with E-state index in [1.165, 1.54) is 24.6 Å². The molecule has 2 aliphatic rings. The maximum Gasteiger partial charge on any atom is 0.223 e. The molecule has 2 saturated carbocycles. The van der Waals surface area contributed by atoms with Gasteiger partial charge in [0.05, 0.1) is 0 Å². The first-order chi connectivity index (χ1) is 11.5. The molecule has 24 heavy (non-hydrogen) atoms. The number of halogens is 2. The monoisotopic (exact) mass is 354 g/mol. The molecular formula is C18H24ClFN2O2. The van der Waals surface area contributed by atoms with E-state index in [0.717, 1.165) is 25.7 Å². The number of nitrogens with one attached hydrogen (secondary N) is 1. The highest BCUT2D eigenvalue weighted by Gasteiger charge is 2.40. The fourth-order valence-electron chi connectivity index (χ4n) is 4.28. The van der Waals surface area contributed by atoms with E-state index < -0.39 is 11.9 Å². The van der Waals surface area contributed by atoms with E-state index >= 15 is 0 Å². The zero-order valence-corrected chi connectivity index (χ0v) is 14.3. The summed E-state index contributed by atoms with van der Waals surface area (Å²) in [6.45, 7) is -0.0443. The zero-order valence-electron chi connectivity index (χ0n) is 13.6. The van der Waals surface area contributed by atoms with Crippen LogP contribution in [0.5, 0.6) is 0 Å². The second-order valence-electron chi connectivity index (χ2n) is 7.09. The Kier molecular flexibility index (Phi) is 5.42. The molecule has 4 nitrogen and oxygen atoms in total. The van der Waals surface area contributed by atoms with Gasteiger partial charge in [-0.25, -0.2) is 4.39 Å². The molecule has 3 atom stereocenters. The third kappa shape index (κ3) is 3.58. The summed E-state index contributed by atoms with van der Waals surface area (Å²) < 4.78 is 13.8. The average molecular weight is 355 g/mol. The number of hydrogen-bond acceptors (Lipinski definition) is 3. The molecule has 0 aromatic heterocycles. The van der Waals surface area contributed by atoms with Gasteiger partial charge in [-0.3, -0.25) is 4.79 Å². The van der Waals surface area contributed by atoms with Gasteiger partial charge in [0.25, 0.3) is 0 Å². The van der Waals surface area contributed by atoms with Crippen LogP contribution in [0, 0.1) is 23.6 Å². The zero-order chi connectivity index (χ0) is 17.3. The maximum atomic E-state index is 13.8. The van der Waals surface area contributed by atoms with E-state index in [0.29, 0.717) is 11.8 Å². The number of benzene rings is 1. The Morgan fingerprint density at radius 3 is 2.67 bits per heavy atom. The highest BCUT2D eigenvalue weighted by molar-refractivity contribution is 6.31. The van der Waals surface area contributed by atoms with E-state index in [2.05, 4.69) is 5.32 Å². The third-order valence-electron chi connectivity index (χ3n) is 5.59. The SMILES string of the molecule is NC1C2CCCC1CC(C(=O)NCC(O)c1c(F)cccc1Cl)C2. The topological polar surface area (TPSA) is 75.4 Å². The Morgan fingerprint density at radius 1 is 1.38 bits per heavy atom. The van der Waals surface area contributed by atoms with E-state index in [1.54, 1.807) is 0 Å². The molecule has 1 amide bonds. The molecule has 1 aromatic rings. The number of fused-ring (bicyclic) bond motifs is 2. The predicted octanol–water partition coefficient (Wildman–Crippen LogP) is 2.78. The van der Waals surface area contributed by atoms with Gasteiger partial charge in [0.2, 0.25) is 5.91 Å². The molecule has 0 aliphatic heterocycles. The van der Waals surface area contributed by atoms with Crippen LogP contribution in [-0.4, -0.2) is 23.6 Å². The fraction of sp³-hybridized carbons (Fsp3) is 0.611. The minimum absolute atomic E-state index is 0.0296. The molecular weight excluding hydrogens is 331 g/mol. The highest BCUT2D eigenvalue weighted by Crippen LogP contribution is 2.41. The van der Waals surface area contributed by atoms with Crippen LogP contribution in [0.2, 0.25) is 5.02 Å². The van der Waals surface area contributed by atoms with Crippen molar-refractivity contribution in [3.05, 3.63) is 34.6 Å². The minimum atomic E-state index is -1.16. The number of rotatable bonds is 4. The Morgan fingerprint density at radius 2 is 2.04 bits per heavy atom. The molecule has 2 fully saturated rings. The summed E-state index contributed by atoms with van der Waals surface area (Å²) in [5.41, 5.74) is 6.28. The van der Waals surface area contributed by atoms with Gasteiger partial charge in [0, 0.05) is 29.1 Å². The summed E-state index contributed by atoms with van der Waals surface area (Å²) in [4.78, 5) is 12.5. The van der Waals surface area contributed by atoms with Gasteiger partial charge in [0.15, 0.2) is 0 Å². The van der Waals surface area contributed by atoms with Gasteiger partial charge in [-0.05, 0) is 49.7 Å². The summed E-state index contributed by atoms with van der Waals surface area (Å²) in [6, 6.07) is 4.46. The predicted molar refractivity (Wildman–Crippen MR) is 90.9 cm³/mol. The van der Waals surface area contributed by atoms with Gasteiger partial charge in [-0.1, -0.05) is 24.1 Å². The molecule has 0 saturated heterocycles. The quantitative estimate of drug-likeness (QED) is 0.778. The van der Waals surface area contributed by atoms with Crippen molar-refractivity contribution in [2.24, 2.45) is 23.5 Å². The van der Waals surface area contributed by atoms with Crippen molar-refractivity contribution in [3.8, 4) is 0 Å². The number of hydrogen-bond donors (Lipinski definition) is 3. The number of aliphatic hydroxyl groups excluding tert-OH is 1. The molecule has 4 N–H and O–H groups in total. The van der Waals surface area contributed by atoms with Crippen molar-refractivity contribution < 1.29 is 14.3 Å². The normalized spacial score (nSPS) is 30.7. The molecule has 0 heterocycles. The summed E-state index contributed by atoms with van der Waals surface area (Å²) in [5.74, 6) is 0.120. The van der Waals surface area contributed by atoms with Gasteiger partial charge in [0.1, 0.15) is 11.9 Å². The van der Waals surface area contributed by atoms with Gasteiger partial charge >= 0.3 is 0 Å². The Balaban J connectivity index is 1.58. The van der Waals surface area contributed by atoms with Crippen molar-refractivity contribution in [2.75, 3.05) is 6.54 Å². The largest absolute Gasteiger partial charge is 0.386 e. The lowest BCUT2D eigenvalue weighted by Gasteiger charge is -2.43. The second-order valence-corrected chi connectivity index (χ2v) is 7.50. The van der Waals surface area contributed by atoms with Gasteiger partial charge in [-0.15, -0.1) is 0 Å². The lowest BCUT2D eigenvalue weighted by Crippen LogP contribution is -2.49. The molecule has 6 heteroatoms. The van der Waals surface area contributed by atoms with E-state index in [1.807, 2.05) is 0 Å². The number of amides is 1. The van der Waals surface area contributed by atoms with Crippen molar-refractivity contribution in [1.29, 1.82) is 0 Å². The van der Waals surface area contributed by atoms with Crippen LogP contribution in [0.3, 0.4) is 0 Å². The fourth-order valence-corrected chi connectivity index (χ4v) is 4.56. The second kappa shape index (κ2) is 7.38. The Hall–Kier alpha value is -1.17. The summed E-state index contributed by atoms with van der Waals surface area (Å²) >= 11 is 5.94. The number of nitrogens with two attached hydrogens (primary N) is 1. The number of carbonyl (C=O) groups excluding carboxylic acids is 1. The van der Waals surface area contributed by atoms with Crippen LogP contribution < -0.4 is 11.1 Å². The van der Waals surface area contributed by atoms with Crippen molar-refractivity contribution in [3.63, 3.8) is 0 Å². The lowest BCUT2D eigenvalue weighted by molar-refractivity contribution is -0.128.